The first kappa shape index (κ1) is 37.4. The Labute approximate surface area is 385 Å². The molecule has 0 aromatic heterocycles. The van der Waals surface area contributed by atoms with Crippen LogP contribution in [0.25, 0.3) is 22.3 Å². The van der Waals surface area contributed by atoms with Crippen molar-refractivity contribution in [3.05, 3.63) is 174 Å². The van der Waals surface area contributed by atoms with Gasteiger partial charge >= 0.3 is 0 Å². The Morgan fingerprint density at radius 2 is 0.938 bits per heavy atom. The maximum Gasteiger partial charge on any atom is 0.252 e. The largest absolute Gasteiger partial charge is 0.311 e. The van der Waals surface area contributed by atoms with Crippen molar-refractivity contribution in [2.75, 3.05) is 9.80 Å². The fourth-order valence-corrected chi connectivity index (χ4v) is 17.7. The molecule has 0 amide bonds. The van der Waals surface area contributed by atoms with Crippen molar-refractivity contribution in [2.24, 2.45) is 33.5 Å². The Morgan fingerprint density at radius 3 is 1.51 bits per heavy atom. The van der Waals surface area contributed by atoms with Crippen LogP contribution in [0.1, 0.15) is 102 Å². The van der Waals surface area contributed by atoms with E-state index in [-0.39, 0.29) is 39.2 Å². The van der Waals surface area contributed by atoms with Crippen LogP contribution in [0.2, 0.25) is 0 Å². The Bertz CT molecular complexity index is 3260. The minimum absolute atomic E-state index is 0.0292. The van der Waals surface area contributed by atoms with Gasteiger partial charge in [0.2, 0.25) is 0 Å². The molecule has 15 rings (SSSR count). The van der Waals surface area contributed by atoms with Crippen LogP contribution in [0.5, 0.6) is 0 Å². The molecule has 7 aromatic carbocycles. The highest BCUT2D eigenvalue weighted by molar-refractivity contribution is 7.01. The van der Waals surface area contributed by atoms with E-state index in [9.17, 15) is 0 Å². The summed E-state index contributed by atoms with van der Waals surface area (Å²) in [6.07, 6.45) is 7.69. The quantitative estimate of drug-likeness (QED) is 0.160. The summed E-state index contributed by atoms with van der Waals surface area (Å²) < 4.78 is 0. The van der Waals surface area contributed by atoms with E-state index in [0.29, 0.717) is 11.8 Å². The second-order valence-electron chi connectivity index (χ2n) is 23.3. The molecule has 2 spiro atoms. The van der Waals surface area contributed by atoms with Gasteiger partial charge in [-0.2, -0.15) is 0 Å². The van der Waals surface area contributed by atoms with Crippen LogP contribution in [0.15, 0.2) is 152 Å². The molecule has 4 bridgehead atoms. The number of hydrogen-bond donors (Lipinski definition) is 0. The average molecular weight is 841 g/mol. The summed E-state index contributed by atoms with van der Waals surface area (Å²) in [4.78, 5) is 5.28. The second-order valence-corrected chi connectivity index (χ2v) is 23.3. The third-order valence-corrected chi connectivity index (χ3v) is 21.4. The topological polar surface area (TPSA) is 6.48 Å². The molecule has 318 valence electrons. The van der Waals surface area contributed by atoms with Gasteiger partial charge in [0.25, 0.3) is 6.71 Å². The SMILES string of the molecule is CC1(C)C2CCC1(C)[C@@]1(C2)c2ccccc2-c2c1ccc1c2B2c3cc4c(cc3N(c3ccccc3)c3cccc(c32)N1c1ccccc1)[C@@]1(C[C@H]2CCC1(C)C2(C)C)c1ccccc1-4. The van der Waals surface area contributed by atoms with Crippen LogP contribution in [0.4, 0.5) is 34.1 Å². The van der Waals surface area contributed by atoms with Crippen LogP contribution in [0.3, 0.4) is 0 Å². The minimum atomic E-state index is -0.0317. The normalized spacial score (nSPS) is 30.0. The van der Waals surface area contributed by atoms with E-state index in [2.05, 4.69) is 203 Å². The summed E-state index contributed by atoms with van der Waals surface area (Å²) >= 11 is 0. The van der Waals surface area contributed by atoms with Crippen molar-refractivity contribution in [3.8, 4) is 22.3 Å². The number of hydrogen-bond acceptors (Lipinski definition) is 2. The monoisotopic (exact) mass is 840 g/mol. The highest BCUT2D eigenvalue weighted by atomic mass is 15.2. The van der Waals surface area contributed by atoms with Crippen LogP contribution in [-0.2, 0) is 10.8 Å². The Balaban J connectivity index is 1.09. The van der Waals surface area contributed by atoms with Gasteiger partial charge in [-0.25, -0.2) is 0 Å². The van der Waals surface area contributed by atoms with Crippen molar-refractivity contribution < 1.29 is 0 Å². The van der Waals surface area contributed by atoms with Crippen LogP contribution >= 0.6 is 0 Å². The van der Waals surface area contributed by atoms with Gasteiger partial charge in [-0.1, -0.05) is 145 Å². The molecular weight excluding hydrogens is 784 g/mol. The van der Waals surface area contributed by atoms with Crippen LogP contribution in [-0.4, -0.2) is 6.71 Å². The molecule has 65 heavy (non-hydrogen) atoms. The van der Waals surface area contributed by atoms with E-state index in [0.717, 1.165) is 0 Å². The van der Waals surface area contributed by atoms with Gasteiger partial charge in [-0.05, 0) is 181 Å². The number of para-hydroxylation sites is 2. The minimum Gasteiger partial charge on any atom is -0.311 e. The van der Waals surface area contributed by atoms with Gasteiger partial charge in [-0.15, -0.1) is 0 Å². The number of benzene rings is 7. The van der Waals surface area contributed by atoms with E-state index in [1.165, 1.54) is 111 Å². The average Bonchev–Trinajstić information content (AvgIpc) is 4.02. The summed E-state index contributed by atoms with van der Waals surface area (Å²) in [6, 6.07) is 59.7. The predicted octanol–water partition coefficient (Wildman–Crippen LogP) is 14.0. The molecule has 0 N–H and O–H groups in total. The zero-order valence-electron chi connectivity index (χ0n) is 38.8. The van der Waals surface area contributed by atoms with Gasteiger partial charge in [-0.3, -0.25) is 0 Å². The molecule has 0 saturated heterocycles. The summed E-state index contributed by atoms with van der Waals surface area (Å²) in [7, 11) is 0. The molecule has 8 aliphatic rings. The molecule has 6 atom stereocenters. The first-order chi connectivity index (χ1) is 31.5. The molecule has 2 nitrogen and oxygen atoms in total. The van der Waals surface area contributed by atoms with E-state index < -0.39 is 0 Å². The molecule has 3 unspecified atom stereocenters. The molecule has 2 heterocycles. The van der Waals surface area contributed by atoms with Gasteiger partial charge in [0.1, 0.15) is 0 Å². The predicted molar refractivity (Wildman–Crippen MR) is 271 cm³/mol. The van der Waals surface area contributed by atoms with Crippen molar-refractivity contribution in [2.45, 2.75) is 90.9 Å². The maximum absolute atomic E-state index is 2.75. The van der Waals surface area contributed by atoms with Crippen LogP contribution < -0.4 is 26.2 Å². The summed E-state index contributed by atoms with van der Waals surface area (Å²) in [5.41, 5.74) is 25.0. The van der Waals surface area contributed by atoms with Gasteiger partial charge in [0, 0.05) is 45.0 Å². The lowest BCUT2D eigenvalue weighted by Crippen LogP contribution is -2.62. The number of fused-ring (bicyclic) bond motifs is 21. The Morgan fingerprint density at radius 1 is 0.431 bits per heavy atom. The Kier molecular flexibility index (Phi) is 6.78. The zero-order chi connectivity index (χ0) is 43.6. The number of nitrogens with zero attached hydrogens (tertiary/aromatic N) is 2. The third-order valence-electron chi connectivity index (χ3n) is 21.4. The van der Waals surface area contributed by atoms with Gasteiger partial charge < -0.3 is 9.80 Å². The van der Waals surface area contributed by atoms with Crippen molar-refractivity contribution in [1.29, 1.82) is 0 Å². The summed E-state index contributed by atoms with van der Waals surface area (Å²) in [5, 5.41) is 0. The molecule has 7 aromatic rings. The summed E-state index contributed by atoms with van der Waals surface area (Å²) in [5.74, 6) is 1.41. The first-order valence-corrected chi connectivity index (χ1v) is 24.9. The van der Waals surface area contributed by atoms with Crippen LogP contribution in [0, 0.1) is 33.5 Å². The van der Waals surface area contributed by atoms with E-state index >= 15 is 0 Å². The van der Waals surface area contributed by atoms with Gasteiger partial charge in [0.05, 0.1) is 0 Å². The standard InChI is InChI=1S/C62H57BN2/c1-57(2)38-30-32-59(57,5)61(36-38)46-25-16-14-23-43(46)54-47(61)28-29-52-56(54)63-49-34-44-42-22-13-15-24-45(42)62(37-39-31-33-60(62,6)58(39,3)4)48(44)35-53(49)65(41-20-11-8-12-21-41)51-27-17-26-50(55(51)63)64(52)40-18-9-7-10-19-40/h7-29,34-35,38-39H,30-33,36-37H2,1-6H3/t38?,39-,59?,60?,61+,62-/m1/s1. The Hall–Kier alpha value is -5.80. The number of anilines is 6. The third kappa shape index (κ3) is 3.90. The highest BCUT2D eigenvalue weighted by Crippen LogP contribution is 2.79. The molecule has 3 heteroatoms. The molecular formula is C62H57BN2. The number of rotatable bonds is 2. The lowest BCUT2D eigenvalue weighted by molar-refractivity contribution is 0.0990. The molecule has 2 aliphatic heterocycles. The molecule has 0 radical (unpaired) electrons. The summed E-state index contributed by atoms with van der Waals surface area (Å²) in [6.45, 7) is 15.8. The lowest BCUT2D eigenvalue weighted by atomic mass is 9.32. The van der Waals surface area contributed by atoms with E-state index in [4.69, 9.17) is 0 Å². The fourth-order valence-electron chi connectivity index (χ4n) is 17.7. The first-order valence-electron chi connectivity index (χ1n) is 24.9. The molecule has 4 fully saturated rings. The smallest absolute Gasteiger partial charge is 0.252 e. The van der Waals surface area contributed by atoms with Crippen molar-refractivity contribution in [3.63, 3.8) is 0 Å². The molecule has 6 aliphatic carbocycles. The maximum atomic E-state index is 2.75. The van der Waals surface area contributed by atoms with E-state index in [1.807, 2.05) is 0 Å². The zero-order valence-corrected chi connectivity index (χ0v) is 38.8. The second kappa shape index (κ2) is 11.8. The fraction of sp³-hybridized carbons (Fsp3) is 0.323. The van der Waals surface area contributed by atoms with Crippen molar-refractivity contribution >= 4 is 57.2 Å². The van der Waals surface area contributed by atoms with E-state index in [1.54, 1.807) is 22.3 Å². The van der Waals surface area contributed by atoms with Gasteiger partial charge in [0.15, 0.2) is 0 Å². The molecule has 4 saturated carbocycles. The highest BCUT2D eigenvalue weighted by Gasteiger charge is 2.73. The van der Waals surface area contributed by atoms with Crippen molar-refractivity contribution in [1.82, 2.24) is 0 Å². The lowest BCUT2D eigenvalue weighted by Gasteiger charge is -2.49.